The number of ether oxygens (including phenoxy) is 1. The second-order valence-corrected chi connectivity index (χ2v) is 8.71. The molecule has 0 aliphatic carbocycles. The van der Waals surface area contributed by atoms with E-state index in [-0.39, 0.29) is 11.9 Å². The normalized spacial score (nSPS) is 10.7. The van der Waals surface area contributed by atoms with E-state index in [0.29, 0.717) is 48.1 Å². The molecule has 0 saturated carbocycles. The van der Waals surface area contributed by atoms with Crippen molar-refractivity contribution in [2.75, 3.05) is 50.2 Å². The molecule has 0 radical (unpaired) electrons. The maximum atomic E-state index is 13.2. The molecule has 0 saturated heterocycles. The van der Waals surface area contributed by atoms with Crippen molar-refractivity contribution in [2.45, 2.75) is 19.9 Å². The van der Waals surface area contributed by atoms with Crippen molar-refractivity contribution in [3.05, 3.63) is 83.9 Å². The lowest BCUT2D eigenvalue weighted by Crippen LogP contribution is -2.36. The Morgan fingerprint density at radius 2 is 1.67 bits per heavy atom. The fraction of sp³-hybridized carbons (Fsp3) is 0.286. The first-order chi connectivity index (χ1) is 17.4. The van der Waals surface area contributed by atoms with Crippen LogP contribution in [0.4, 0.5) is 21.9 Å². The Morgan fingerprint density at radius 1 is 0.917 bits per heavy atom. The molecule has 8 heteroatoms. The number of nitrogen functional groups attached to an aromatic ring is 1. The minimum Gasteiger partial charge on any atom is -0.494 e. The molecule has 0 aliphatic rings. The zero-order valence-electron chi connectivity index (χ0n) is 21.2. The van der Waals surface area contributed by atoms with Crippen LogP contribution in [-0.2, 0) is 6.54 Å². The van der Waals surface area contributed by atoms with Crippen LogP contribution in [0, 0.1) is 0 Å². The highest BCUT2D eigenvalue weighted by atomic mass is 16.5. The molecule has 0 aromatic heterocycles. The molecule has 0 spiro atoms. The number of carbonyl (C=O) groups excluding carboxylic acids is 2. The van der Waals surface area contributed by atoms with Crippen molar-refractivity contribution < 1.29 is 14.3 Å². The van der Waals surface area contributed by atoms with E-state index in [2.05, 4.69) is 15.5 Å². The number of nitrogens with zero attached hydrogens (tertiary/aromatic N) is 2. The molecule has 0 bridgehead atoms. The Hall–Kier alpha value is -4.04. The Kier molecular flexibility index (Phi) is 9.71. The van der Waals surface area contributed by atoms with Crippen LogP contribution in [0.25, 0.3) is 0 Å². The summed E-state index contributed by atoms with van der Waals surface area (Å²) < 4.78 is 5.54. The summed E-state index contributed by atoms with van der Waals surface area (Å²) in [5.74, 6) is 0.467. The van der Waals surface area contributed by atoms with Crippen molar-refractivity contribution in [1.82, 2.24) is 9.80 Å². The zero-order chi connectivity index (χ0) is 25.9. The first-order valence-electron chi connectivity index (χ1n) is 12.0. The van der Waals surface area contributed by atoms with Crippen LogP contribution in [0.5, 0.6) is 5.75 Å². The maximum absolute atomic E-state index is 13.2. The van der Waals surface area contributed by atoms with Gasteiger partial charge in [-0.15, -0.1) is 0 Å². The van der Waals surface area contributed by atoms with Gasteiger partial charge in [-0.1, -0.05) is 30.3 Å². The number of benzene rings is 3. The molecule has 0 fully saturated rings. The van der Waals surface area contributed by atoms with E-state index in [1.165, 1.54) is 0 Å². The second kappa shape index (κ2) is 13.2. The third-order valence-electron chi connectivity index (χ3n) is 5.52. The summed E-state index contributed by atoms with van der Waals surface area (Å²) in [6, 6.07) is 21.5. The highest BCUT2D eigenvalue weighted by Gasteiger charge is 2.16. The largest absolute Gasteiger partial charge is 0.494 e. The van der Waals surface area contributed by atoms with E-state index in [1.54, 1.807) is 29.2 Å². The van der Waals surface area contributed by atoms with Crippen molar-refractivity contribution in [3.63, 3.8) is 0 Å². The van der Waals surface area contributed by atoms with Gasteiger partial charge in [0.2, 0.25) is 0 Å². The molecule has 0 unspecified atom stereocenters. The highest BCUT2D eigenvalue weighted by Crippen LogP contribution is 2.20. The number of amides is 3. The van der Waals surface area contributed by atoms with Crippen LogP contribution >= 0.6 is 0 Å². The van der Waals surface area contributed by atoms with Crippen molar-refractivity contribution in [1.29, 1.82) is 0 Å². The van der Waals surface area contributed by atoms with E-state index in [0.717, 1.165) is 18.5 Å². The topological polar surface area (TPSA) is 99.9 Å². The number of nitrogens with one attached hydrogen (secondary N) is 2. The summed E-state index contributed by atoms with van der Waals surface area (Å²) in [4.78, 5) is 29.7. The molecule has 3 amide bonds. The van der Waals surface area contributed by atoms with Crippen LogP contribution in [0.2, 0.25) is 0 Å². The number of rotatable bonds is 11. The van der Waals surface area contributed by atoms with E-state index < -0.39 is 0 Å². The van der Waals surface area contributed by atoms with Gasteiger partial charge in [0.1, 0.15) is 5.75 Å². The molecule has 3 aromatic carbocycles. The number of urea groups is 1. The average Bonchev–Trinajstić information content (AvgIpc) is 2.85. The fourth-order valence-electron chi connectivity index (χ4n) is 3.65. The molecule has 190 valence electrons. The Balaban J connectivity index is 1.68. The van der Waals surface area contributed by atoms with Crippen LogP contribution in [0.15, 0.2) is 72.8 Å². The number of hydrogen-bond acceptors (Lipinski definition) is 5. The summed E-state index contributed by atoms with van der Waals surface area (Å²) in [5.41, 5.74) is 9.12. The van der Waals surface area contributed by atoms with Crippen LogP contribution in [0.1, 0.15) is 29.3 Å². The Bertz CT molecular complexity index is 1150. The van der Waals surface area contributed by atoms with Gasteiger partial charge in [0.05, 0.1) is 18.0 Å². The Labute approximate surface area is 213 Å². The van der Waals surface area contributed by atoms with Gasteiger partial charge in [-0.3, -0.25) is 4.79 Å². The van der Waals surface area contributed by atoms with E-state index in [4.69, 9.17) is 10.5 Å². The van der Waals surface area contributed by atoms with Crippen molar-refractivity contribution >= 4 is 29.0 Å². The van der Waals surface area contributed by atoms with Crippen LogP contribution in [-0.4, -0.2) is 55.5 Å². The lowest BCUT2D eigenvalue weighted by molar-refractivity contribution is 0.102. The number of carbonyl (C=O) groups is 2. The maximum Gasteiger partial charge on any atom is 0.322 e. The molecular formula is C28H35N5O3. The predicted octanol–water partition coefficient (Wildman–Crippen LogP) is 4.91. The standard InChI is InChI=1S/C28H35N5O3/c1-4-36-24-10-7-9-23(19-24)30-28(35)33(18-8-17-32(2)3)20-21-13-15-22(16-14-21)27(34)31-26-12-6-5-11-25(26)29/h5-7,9-16,19H,4,8,17-18,20,29H2,1-3H3,(H,30,35)(H,31,34). The summed E-state index contributed by atoms with van der Waals surface area (Å²) in [7, 11) is 4.02. The summed E-state index contributed by atoms with van der Waals surface area (Å²) in [6.07, 6.45) is 0.832. The third kappa shape index (κ3) is 8.02. The molecule has 0 aliphatic heterocycles. The number of para-hydroxylation sites is 2. The third-order valence-corrected chi connectivity index (χ3v) is 5.52. The van der Waals surface area contributed by atoms with Crippen LogP contribution < -0.4 is 21.1 Å². The molecular weight excluding hydrogens is 454 g/mol. The van der Waals surface area contributed by atoms with Gasteiger partial charge >= 0.3 is 6.03 Å². The van der Waals surface area contributed by atoms with Gasteiger partial charge in [0.25, 0.3) is 5.91 Å². The zero-order valence-corrected chi connectivity index (χ0v) is 21.2. The number of hydrogen-bond donors (Lipinski definition) is 3. The molecule has 3 aromatic rings. The van der Waals surface area contributed by atoms with Gasteiger partial charge < -0.3 is 30.9 Å². The first kappa shape index (κ1) is 26.6. The SMILES string of the molecule is CCOc1cccc(NC(=O)N(CCCN(C)C)Cc2ccc(C(=O)Nc3ccccc3N)cc2)c1. The number of anilines is 3. The Morgan fingerprint density at radius 3 is 2.36 bits per heavy atom. The van der Waals surface area contributed by atoms with E-state index in [1.807, 2.05) is 69.6 Å². The van der Waals surface area contributed by atoms with Gasteiger partial charge in [0, 0.05) is 30.4 Å². The molecule has 0 heterocycles. The summed E-state index contributed by atoms with van der Waals surface area (Å²) in [6.45, 7) is 4.35. The molecule has 36 heavy (non-hydrogen) atoms. The molecule has 8 nitrogen and oxygen atoms in total. The smallest absolute Gasteiger partial charge is 0.322 e. The lowest BCUT2D eigenvalue weighted by Gasteiger charge is -2.24. The number of nitrogens with two attached hydrogens (primary N) is 1. The van der Waals surface area contributed by atoms with Gasteiger partial charge in [-0.2, -0.15) is 0 Å². The highest BCUT2D eigenvalue weighted by molar-refractivity contribution is 6.05. The quantitative estimate of drug-likeness (QED) is 0.333. The molecule has 0 atom stereocenters. The minimum atomic E-state index is -0.241. The first-order valence-corrected chi connectivity index (χ1v) is 12.0. The lowest BCUT2D eigenvalue weighted by atomic mass is 10.1. The van der Waals surface area contributed by atoms with Crippen molar-refractivity contribution in [3.8, 4) is 5.75 Å². The van der Waals surface area contributed by atoms with Gasteiger partial charge in [0.15, 0.2) is 0 Å². The van der Waals surface area contributed by atoms with E-state index in [9.17, 15) is 9.59 Å². The monoisotopic (exact) mass is 489 g/mol. The predicted molar refractivity (Wildman–Crippen MR) is 145 cm³/mol. The average molecular weight is 490 g/mol. The summed E-state index contributed by atoms with van der Waals surface area (Å²) >= 11 is 0. The molecule has 3 rings (SSSR count). The molecule has 4 N–H and O–H groups in total. The van der Waals surface area contributed by atoms with E-state index >= 15 is 0 Å². The second-order valence-electron chi connectivity index (χ2n) is 8.71. The fourth-order valence-corrected chi connectivity index (χ4v) is 3.65. The minimum absolute atomic E-state index is 0.191. The summed E-state index contributed by atoms with van der Waals surface area (Å²) in [5, 5.41) is 5.81. The van der Waals surface area contributed by atoms with Crippen molar-refractivity contribution in [2.24, 2.45) is 0 Å². The van der Waals surface area contributed by atoms with Gasteiger partial charge in [-0.25, -0.2) is 4.79 Å². The van der Waals surface area contributed by atoms with Crippen LogP contribution in [0.3, 0.4) is 0 Å². The van der Waals surface area contributed by atoms with Gasteiger partial charge in [-0.05, 0) is 75.9 Å².